The van der Waals surface area contributed by atoms with Crippen LogP contribution in [0.15, 0.2) is 0 Å². The van der Waals surface area contributed by atoms with Gasteiger partial charge in [0, 0.05) is 70.4 Å². The molecule has 0 bridgehead atoms. The van der Waals surface area contributed by atoms with Gasteiger partial charge in [-0.3, -0.25) is 43.3 Å². The summed E-state index contributed by atoms with van der Waals surface area (Å²) in [5.41, 5.74) is 0. The monoisotopic (exact) mass is 1270 g/mol. The van der Waals surface area contributed by atoms with E-state index in [0.717, 1.165) is 10.8 Å². The average molecular weight is 1270 g/mol. The number of rotatable bonds is 39. The molecule has 16 atom stereocenters. The molecule has 3 rings (SSSR count). The first-order valence-corrected chi connectivity index (χ1v) is 29.9. The fourth-order valence-corrected chi connectivity index (χ4v) is 8.79. The van der Waals surface area contributed by atoms with E-state index in [9.17, 15) is 84.3 Å². The van der Waals surface area contributed by atoms with E-state index in [1.807, 2.05) is 0 Å². The fourth-order valence-electron chi connectivity index (χ4n) is 8.79. The van der Waals surface area contributed by atoms with E-state index in [1.165, 1.54) is 7.11 Å². The van der Waals surface area contributed by atoms with Crippen molar-refractivity contribution in [2.75, 3.05) is 119 Å². The highest BCUT2D eigenvalue weighted by molar-refractivity contribution is 5.91. The maximum atomic E-state index is 14.1. The molecule has 0 spiro atoms. The molecule has 33 heteroatoms. The highest BCUT2D eigenvalue weighted by Gasteiger charge is 2.45. The molecule has 0 saturated carbocycles. The predicted molar refractivity (Wildman–Crippen MR) is 308 cm³/mol. The zero-order chi connectivity index (χ0) is 65.9. The van der Waals surface area contributed by atoms with Crippen LogP contribution in [0.3, 0.4) is 0 Å². The predicted octanol–water partition coefficient (Wildman–Crippen LogP) is -7.49. The zero-order valence-electron chi connectivity index (χ0n) is 51.7. The standard InChI is InChI=1S/C51H91N9O24.C4H10/c1-28-42(71)45(74)32(25-61)82-49(28)79-15-6-11-52-37(66)20-57-40(69)23-60(24-41(70)58-21-38(67)53-12-7-16-80-50-29(2)43(72)46(75)33(26-62)83-50)31(19-56-36(65)10-5-9-35(64)55-14-18-78-4)48(77)59-22-39(68)54-13-8-17-81-51-30(3)44(73)47(76)34(27-63)84-51;1-4(2)3/h28-34,42-47,49-51,61-63,71-76H,5-27H2,1-4H3,(H,52,66)(H,53,67)(H,54,68)(H,55,64)(H,56,65)(H,57,69)(H,58,70)(H,59,77);4H,1-3H3/t28?,29?,30?,31?,32?,33?,34?,42-,43-,44-,45+,46+,47+,49-,50-,51-;/m1./s1. The summed E-state index contributed by atoms with van der Waals surface area (Å²) in [6.07, 6.45) is -13.2. The van der Waals surface area contributed by atoms with Crippen LogP contribution in [-0.4, -0.2) is 297 Å². The lowest BCUT2D eigenvalue weighted by Crippen LogP contribution is -2.58. The highest BCUT2D eigenvalue weighted by atomic mass is 16.7. The fraction of sp³-hybridized carbons (Fsp3) is 0.855. The van der Waals surface area contributed by atoms with Gasteiger partial charge in [-0.15, -0.1) is 0 Å². The van der Waals surface area contributed by atoms with Gasteiger partial charge in [0.2, 0.25) is 47.3 Å². The number of aliphatic hydroxyl groups is 9. The van der Waals surface area contributed by atoms with Gasteiger partial charge in [-0.25, -0.2) is 0 Å². The number of carbonyl (C=O) groups excluding carboxylic acids is 8. The molecule has 0 aromatic carbocycles. The molecule has 88 heavy (non-hydrogen) atoms. The zero-order valence-corrected chi connectivity index (χ0v) is 51.7. The first-order chi connectivity index (χ1) is 41.8. The Morgan fingerprint density at radius 1 is 0.432 bits per heavy atom. The summed E-state index contributed by atoms with van der Waals surface area (Å²) >= 11 is 0. The van der Waals surface area contributed by atoms with Gasteiger partial charge in [-0.1, -0.05) is 41.5 Å². The first-order valence-electron chi connectivity index (χ1n) is 29.9. The Hall–Kier alpha value is -4.92. The van der Waals surface area contributed by atoms with Gasteiger partial charge in [0.1, 0.15) is 42.7 Å². The number of nitrogens with zero attached hydrogens (tertiary/aromatic N) is 1. The van der Waals surface area contributed by atoms with Crippen LogP contribution in [0.5, 0.6) is 0 Å². The highest BCUT2D eigenvalue weighted by Crippen LogP contribution is 2.29. The molecule has 510 valence electrons. The number of carbonyl (C=O) groups is 8. The number of aliphatic hydroxyl groups excluding tert-OH is 9. The summed E-state index contributed by atoms with van der Waals surface area (Å²) in [5, 5.41) is 110. The van der Waals surface area contributed by atoms with Crippen molar-refractivity contribution >= 4 is 47.3 Å². The van der Waals surface area contributed by atoms with Crippen molar-refractivity contribution in [3.05, 3.63) is 0 Å². The number of amides is 8. The largest absolute Gasteiger partial charge is 0.394 e. The smallest absolute Gasteiger partial charge is 0.239 e. The Morgan fingerprint density at radius 3 is 1.10 bits per heavy atom. The van der Waals surface area contributed by atoms with Crippen LogP contribution in [-0.2, 0) is 71.5 Å². The molecule has 3 aliphatic heterocycles. The first kappa shape index (κ1) is 79.2. The van der Waals surface area contributed by atoms with E-state index in [4.69, 9.17) is 33.2 Å². The van der Waals surface area contributed by atoms with E-state index in [1.54, 1.807) is 20.8 Å². The number of hydrogen-bond acceptors (Lipinski definition) is 25. The average Bonchev–Trinajstić information content (AvgIpc) is 3.65. The minimum absolute atomic E-state index is 0.0134. The Labute approximate surface area is 513 Å². The van der Waals surface area contributed by atoms with Crippen LogP contribution in [0.25, 0.3) is 0 Å². The third-order valence-electron chi connectivity index (χ3n) is 14.0. The molecule has 0 radical (unpaired) electrons. The second-order valence-electron chi connectivity index (χ2n) is 22.3. The number of hydrogen-bond donors (Lipinski definition) is 17. The van der Waals surface area contributed by atoms with Crippen molar-refractivity contribution in [1.29, 1.82) is 0 Å². The van der Waals surface area contributed by atoms with E-state index < -0.39 is 198 Å². The summed E-state index contributed by atoms with van der Waals surface area (Å²) in [6, 6.07) is -1.58. The molecule has 33 nitrogen and oxygen atoms in total. The number of nitrogens with one attached hydrogen (secondary N) is 8. The molecule has 0 aromatic rings. The lowest BCUT2D eigenvalue weighted by atomic mass is 9.92. The third kappa shape index (κ3) is 29.8. The van der Waals surface area contributed by atoms with Crippen LogP contribution in [0, 0.1) is 23.7 Å². The molecule has 3 fully saturated rings. The number of methoxy groups -OCH3 is 1. The van der Waals surface area contributed by atoms with Crippen molar-refractivity contribution in [1.82, 2.24) is 47.4 Å². The molecule has 7 unspecified atom stereocenters. The minimum Gasteiger partial charge on any atom is -0.394 e. The van der Waals surface area contributed by atoms with Crippen LogP contribution >= 0.6 is 0 Å². The Balaban J connectivity index is 0.00000639. The van der Waals surface area contributed by atoms with Crippen molar-refractivity contribution in [2.45, 2.75) is 160 Å². The van der Waals surface area contributed by atoms with Crippen molar-refractivity contribution in [2.24, 2.45) is 23.7 Å². The Kier molecular flexibility index (Phi) is 39.3. The van der Waals surface area contributed by atoms with Gasteiger partial charge in [-0.05, 0) is 31.6 Å². The topological polar surface area (TPSA) is 483 Å². The molecule has 0 aliphatic carbocycles. The summed E-state index contributed by atoms with van der Waals surface area (Å²) in [7, 11) is 1.46. The molecule has 3 aliphatic rings. The summed E-state index contributed by atoms with van der Waals surface area (Å²) in [5.74, 6) is -6.81. The minimum atomic E-state index is -1.58. The summed E-state index contributed by atoms with van der Waals surface area (Å²) in [6.45, 7) is 6.39. The van der Waals surface area contributed by atoms with Crippen molar-refractivity contribution in [3.8, 4) is 0 Å². The second-order valence-corrected chi connectivity index (χ2v) is 22.3. The van der Waals surface area contributed by atoms with Crippen LogP contribution < -0.4 is 42.5 Å². The van der Waals surface area contributed by atoms with E-state index >= 15 is 0 Å². The summed E-state index contributed by atoms with van der Waals surface area (Å²) < 4.78 is 38.5. The van der Waals surface area contributed by atoms with Crippen molar-refractivity contribution in [3.63, 3.8) is 0 Å². The molecule has 3 heterocycles. The second kappa shape index (κ2) is 43.7. The molecule has 0 aromatic heterocycles. The van der Waals surface area contributed by atoms with Crippen LogP contribution in [0.1, 0.15) is 80.1 Å². The summed E-state index contributed by atoms with van der Waals surface area (Å²) in [4.78, 5) is 106. The van der Waals surface area contributed by atoms with Gasteiger partial charge >= 0.3 is 0 Å². The normalized spacial score (nSPS) is 27.2. The molecular formula is C55H101N9O24. The lowest BCUT2D eigenvalue weighted by Gasteiger charge is -2.40. The molecular weight excluding hydrogens is 1170 g/mol. The van der Waals surface area contributed by atoms with E-state index in [-0.39, 0.29) is 97.0 Å². The molecule has 3 saturated heterocycles. The Bertz CT molecular complexity index is 1990. The number of ether oxygens (including phenoxy) is 7. The quantitative estimate of drug-likeness (QED) is 0.0254. The van der Waals surface area contributed by atoms with Crippen molar-refractivity contribution < 1.29 is 117 Å². The van der Waals surface area contributed by atoms with Gasteiger partial charge in [0.05, 0.1) is 97.3 Å². The van der Waals surface area contributed by atoms with E-state index in [2.05, 4.69) is 63.3 Å². The molecule has 8 amide bonds. The van der Waals surface area contributed by atoms with Gasteiger partial charge < -0.3 is 122 Å². The van der Waals surface area contributed by atoms with E-state index in [0.29, 0.717) is 0 Å². The lowest BCUT2D eigenvalue weighted by molar-refractivity contribution is -0.282. The maximum absolute atomic E-state index is 14.1. The van der Waals surface area contributed by atoms with Crippen LogP contribution in [0.2, 0.25) is 0 Å². The third-order valence-corrected chi connectivity index (χ3v) is 14.0. The SMILES string of the molecule is CC(C)C.COCCNC(=O)CCCC(=O)NCC(C(=O)NCC(=O)NCCCO[C@@H]1OC(CO)[C@H](O)[C@H](O)C1C)N(CC(=O)NCC(=O)NCCCO[C@@H]1OC(CO)[C@H](O)[C@H](O)C1C)CC(=O)NCC(=O)NCCCO[C@@H]1OC(CO)[C@H](O)[C@H](O)C1C. The van der Waals surface area contributed by atoms with Gasteiger partial charge in [-0.2, -0.15) is 0 Å². The molecule has 17 N–H and O–H groups in total. The van der Waals surface area contributed by atoms with Gasteiger partial charge in [0.25, 0.3) is 0 Å². The van der Waals surface area contributed by atoms with Crippen LogP contribution in [0.4, 0.5) is 0 Å². The maximum Gasteiger partial charge on any atom is 0.239 e. The Morgan fingerprint density at radius 2 is 0.761 bits per heavy atom. The van der Waals surface area contributed by atoms with Gasteiger partial charge in [0.15, 0.2) is 18.9 Å².